The molecule has 17 heavy (non-hydrogen) atoms. The van der Waals surface area contributed by atoms with Crippen molar-refractivity contribution < 1.29 is 9.36 Å². The lowest BCUT2D eigenvalue weighted by atomic mass is 10.3. The summed E-state index contributed by atoms with van der Waals surface area (Å²) in [5, 5.41) is 0. The molecule has 0 aliphatic carbocycles. The van der Waals surface area contributed by atoms with Crippen molar-refractivity contribution in [3.05, 3.63) is 66.5 Å². The van der Waals surface area contributed by atoms with Crippen LogP contribution >= 0.6 is 0 Å². The second-order valence-corrected chi connectivity index (χ2v) is 3.49. The van der Waals surface area contributed by atoms with Crippen LogP contribution in [0.1, 0.15) is 17.3 Å². The standard InChI is InChI=1S/C14H16N2O/c1-2-3-4-5-6-7-10-16-11-8-9-13(12-16)14(15)17/h2-9,11-12H,10H2,1H3,(H-,15,17)/p+1/b3-2-,5-4-,7-6+. The van der Waals surface area contributed by atoms with Gasteiger partial charge in [0.25, 0.3) is 5.91 Å². The van der Waals surface area contributed by atoms with Gasteiger partial charge in [-0.1, -0.05) is 30.4 Å². The number of nitrogens with zero attached hydrogens (tertiary/aromatic N) is 1. The molecular weight excluding hydrogens is 212 g/mol. The van der Waals surface area contributed by atoms with Gasteiger partial charge in [0, 0.05) is 6.07 Å². The minimum absolute atomic E-state index is 0.406. The molecule has 0 unspecified atom stereocenters. The average Bonchev–Trinajstić information content (AvgIpc) is 2.34. The molecule has 3 nitrogen and oxygen atoms in total. The summed E-state index contributed by atoms with van der Waals surface area (Å²) in [6, 6.07) is 3.51. The van der Waals surface area contributed by atoms with Crippen LogP contribution in [-0.4, -0.2) is 5.91 Å². The van der Waals surface area contributed by atoms with E-state index in [0.29, 0.717) is 12.1 Å². The van der Waals surface area contributed by atoms with Gasteiger partial charge >= 0.3 is 0 Å². The Hall–Kier alpha value is -2.16. The first-order chi connectivity index (χ1) is 8.24. The number of nitrogens with two attached hydrogens (primary N) is 1. The topological polar surface area (TPSA) is 47.0 Å². The molecule has 0 bridgehead atoms. The van der Waals surface area contributed by atoms with Crippen LogP contribution in [0.3, 0.4) is 0 Å². The first-order valence-electron chi connectivity index (χ1n) is 5.47. The van der Waals surface area contributed by atoms with E-state index in [0.717, 1.165) is 0 Å². The first-order valence-corrected chi connectivity index (χ1v) is 5.47. The number of pyridine rings is 1. The molecular formula is C14H17N2O+. The normalized spacial score (nSPS) is 11.8. The minimum Gasteiger partial charge on any atom is -0.365 e. The minimum atomic E-state index is -0.406. The van der Waals surface area contributed by atoms with Crippen molar-refractivity contribution in [1.29, 1.82) is 0 Å². The summed E-state index contributed by atoms with van der Waals surface area (Å²) in [6.07, 6.45) is 15.4. The number of hydrogen-bond donors (Lipinski definition) is 1. The van der Waals surface area contributed by atoms with Crippen LogP contribution in [0.2, 0.25) is 0 Å². The van der Waals surface area contributed by atoms with Crippen LogP contribution in [0.25, 0.3) is 0 Å². The smallest absolute Gasteiger partial charge is 0.254 e. The van der Waals surface area contributed by atoms with E-state index >= 15 is 0 Å². The molecule has 0 radical (unpaired) electrons. The monoisotopic (exact) mass is 229 g/mol. The predicted molar refractivity (Wildman–Crippen MR) is 68.2 cm³/mol. The van der Waals surface area contributed by atoms with Crippen molar-refractivity contribution >= 4 is 5.91 Å². The highest BCUT2D eigenvalue weighted by molar-refractivity contribution is 5.92. The van der Waals surface area contributed by atoms with Crippen LogP contribution in [0, 0.1) is 0 Å². The third-order valence-electron chi connectivity index (χ3n) is 2.12. The maximum Gasteiger partial charge on any atom is 0.254 e. The van der Waals surface area contributed by atoms with Gasteiger partial charge in [-0.3, -0.25) is 4.79 Å². The van der Waals surface area contributed by atoms with Crippen molar-refractivity contribution in [3.8, 4) is 0 Å². The Morgan fingerprint density at radius 2 is 2.12 bits per heavy atom. The lowest BCUT2D eigenvalue weighted by Gasteiger charge is -1.94. The SMILES string of the molecule is C\C=C/C=C\C=C\C[n+]1cccc(C(N)=O)c1. The number of rotatable bonds is 5. The number of primary amides is 1. The van der Waals surface area contributed by atoms with E-state index in [2.05, 4.69) is 0 Å². The Morgan fingerprint density at radius 3 is 2.82 bits per heavy atom. The molecule has 0 saturated heterocycles. The number of aromatic nitrogens is 1. The van der Waals surface area contributed by atoms with E-state index in [9.17, 15) is 4.79 Å². The molecule has 3 heteroatoms. The largest absolute Gasteiger partial charge is 0.365 e. The fourth-order valence-corrected chi connectivity index (χ4v) is 1.28. The molecule has 0 aliphatic rings. The van der Waals surface area contributed by atoms with Gasteiger partial charge in [0.15, 0.2) is 18.9 Å². The molecule has 0 spiro atoms. The number of hydrogen-bond acceptors (Lipinski definition) is 1. The van der Waals surface area contributed by atoms with Gasteiger partial charge in [0.05, 0.1) is 0 Å². The summed E-state index contributed by atoms with van der Waals surface area (Å²) in [6.45, 7) is 2.68. The number of amides is 1. The Bertz CT molecular complexity index is 459. The van der Waals surface area contributed by atoms with Gasteiger partial charge in [0.1, 0.15) is 5.56 Å². The van der Waals surface area contributed by atoms with Gasteiger partial charge in [-0.2, -0.15) is 0 Å². The summed E-state index contributed by atoms with van der Waals surface area (Å²) < 4.78 is 1.90. The highest BCUT2D eigenvalue weighted by atomic mass is 16.1. The first kappa shape index (κ1) is 12.9. The predicted octanol–water partition coefficient (Wildman–Crippen LogP) is 1.76. The number of carbonyl (C=O) groups is 1. The molecule has 0 aromatic carbocycles. The van der Waals surface area contributed by atoms with Crippen LogP contribution in [-0.2, 0) is 6.54 Å². The Morgan fingerprint density at radius 1 is 1.35 bits per heavy atom. The maximum absolute atomic E-state index is 11.0. The van der Waals surface area contributed by atoms with Gasteiger partial charge in [-0.15, -0.1) is 0 Å². The second-order valence-electron chi connectivity index (χ2n) is 3.49. The zero-order valence-corrected chi connectivity index (χ0v) is 9.91. The molecule has 0 saturated carbocycles. The van der Waals surface area contributed by atoms with Crippen molar-refractivity contribution in [1.82, 2.24) is 0 Å². The quantitative estimate of drug-likeness (QED) is 0.607. The summed E-state index contributed by atoms with van der Waals surface area (Å²) in [7, 11) is 0. The maximum atomic E-state index is 11.0. The molecule has 0 aliphatic heterocycles. The Kier molecular flexibility index (Phi) is 5.44. The van der Waals surface area contributed by atoms with Gasteiger partial charge in [0.2, 0.25) is 0 Å². The van der Waals surface area contributed by atoms with Crippen LogP contribution in [0.15, 0.2) is 61.0 Å². The van der Waals surface area contributed by atoms with Crippen LogP contribution in [0.5, 0.6) is 0 Å². The van der Waals surface area contributed by atoms with E-state index in [4.69, 9.17) is 5.73 Å². The molecule has 0 atom stereocenters. The summed E-state index contributed by atoms with van der Waals surface area (Å²) in [4.78, 5) is 11.0. The lowest BCUT2D eigenvalue weighted by molar-refractivity contribution is -0.687. The Labute approximate surface area is 102 Å². The number of allylic oxidation sites excluding steroid dienone is 6. The van der Waals surface area contributed by atoms with E-state index in [-0.39, 0.29) is 0 Å². The van der Waals surface area contributed by atoms with Crippen molar-refractivity contribution in [2.45, 2.75) is 13.5 Å². The van der Waals surface area contributed by atoms with E-state index < -0.39 is 5.91 Å². The summed E-state index contributed by atoms with van der Waals surface area (Å²) in [5.74, 6) is -0.406. The highest BCUT2D eigenvalue weighted by Gasteiger charge is 2.04. The average molecular weight is 229 g/mol. The van der Waals surface area contributed by atoms with Crippen LogP contribution < -0.4 is 10.3 Å². The molecule has 1 heterocycles. The second kappa shape index (κ2) is 7.17. The lowest BCUT2D eigenvalue weighted by Crippen LogP contribution is -2.33. The molecule has 0 fully saturated rings. The van der Waals surface area contributed by atoms with Gasteiger partial charge < -0.3 is 5.73 Å². The summed E-state index contributed by atoms with van der Waals surface area (Å²) >= 11 is 0. The Balaban J connectivity index is 2.57. The van der Waals surface area contributed by atoms with E-state index in [1.165, 1.54) is 0 Å². The van der Waals surface area contributed by atoms with Crippen LogP contribution in [0.4, 0.5) is 0 Å². The molecule has 1 aromatic heterocycles. The van der Waals surface area contributed by atoms with Crippen molar-refractivity contribution in [2.24, 2.45) is 5.73 Å². The fourth-order valence-electron chi connectivity index (χ4n) is 1.28. The molecule has 88 valence electrons. The summed E-state index contributed by atoms with van der Waals surface area (Å²) in [5.41, 5.74) is 5.72. The molecule has 2 N–H and O–H groups in total. The molecule has 1 amide bonds. The third kappa shape index (κ3) is 4.93. The fraction of sp³-hybridized carbons (Fsp3) is 0.143. The number of carbonyl (C=O) groups excluding carboxylic acids is 1. The molecule has 1 rings (SSSR count). The van der Waals surface area contributed by atoms with Crippen molar-refractivity contribution in [3.63, 3.8) is 0 Å². The van der Waals surface area contributed by atoms with E-state index in [1.807, 2.05) is 60.2 Å². The highest BCUT2D eigenvalue weighted by Crippen LogP contribution is 1.92. The van der Waals surface area contributed by atoms with Gasteiger partial charge in [-0.25, -0.2) is 4.57 Å². The van der Waals surface area contributed by atoms with E-state index in [1.54, 1.807) is 12.3 Å². The third-order valence-corrected chi connectivity index (χ3v) is 2.12. The molecule has 1 aromatic rings. The zero-order chi connectivity index (χ0) is 12.5. The zero-order valence-electron chi connectivity index (χ0n) is 9.91. The van der Waals surface area contributed by atoms with Gasteiger partial charge in [-0.05, 0) is 19.1 Å². The van der Waals surface area contributed by atoms with Crippen molar-refractivity contribution in [2.75, 3.05) is 0 Å².